The molecule has 0 spiro atoms. The zero-order chi connectivity index (χ0) is 21.2. The minimum Gasteiger partial charge on any atom is -0.349 e. The SMILES string of the molecule is Cc1nn(C2CCCCC2)c2sc(C(=O)NC3CCC(N4CCCNCC4)CC3)cc12. The molecule has 3 heterocycles. The summed E-state index contributed by atoms with van der Waals surface area (Å²) in [5.74, 6) is 0.109. The van der Waals surface area contributed by atoms with Crippen molar-refractivity contribution < 1.29 is 4.79 Å². The highest BCUT2D eigenvalue weighted by atomic mass is 32.1. The van der Waals surface area contributed by atoms with E-state index in [1.807, 2.05) is 0 Å². The molecule has 0 radical (unpaired) electrons. The number of hydrogen-bond acceptors (Lipinski definition) is 5. The minimum atomic E-state index is 0.109. The van der Waals surface area contributed by atoms with Crippen LogP contribution in [-0.4, -0.2) is 58.9 Å². The van der Waals surface area contributed by atoms with Gasteiger partial charge in [-0.3, -0.25) is 14.4 Å². The molecule has 0 atom stereocenters. The number of aryl methyl sites for hydroxylation is 1. The number of hydrogen-bond donors (Lipinski definition) is 2. The zero-order valence-corrected chi connectivity index (χ0v) is 19.7. The van der Waals surface area contributed by atoms with E-state index in [2.05, 4.69) is 33.2 Å². The minimum absolute atomic E-state index is 0.109. The highest BCUT2D eigenvalue weighted by Gasteiger charge is 2.28. The maximum atomic E-state index is 13.1. The second-order valence-corrected chi connectivity index (χ2v) is 10.8. The molecule has 7 heteroatoms. The molecule has 6 nitrogen and oxygen atoms in total. The van der Waals surface area contributed by atoms with Gasteiger partial charge in [0.2, 0.25) is 0 Å². The summed E-state index contributed by atoms with van der Waals surface area (Å²) in [4.78, 5) is 17.8. The Hall–Kier alpha value is -1.44. The Morgan fingerprint density at radius 3 is 2.65 bits per heavy atom. The Balaban J connectivity index is 1.21. The second kappa shape index (κ2) is 9.59. The van der Waals surface area contributed by atoms with Crippen LogP contribution >= 0.6 is 11.3 Å². The average molecular weight is 444 g/mol. The molecule has 2 N–H and O–H groups in total. The van der Waals surface area contributed by atoms with E-state index in [1.54, 1.807) is 11.3 Å². The Labute approximate surface area is 189 Å². The Bertz CT molecular complexity index is 883. The molecule has 5 rings (SSSR count). The zero-order valence-electron chi connectivity index (χ0n) is 18.9. The van der Waals surface area contributed by atoms with Gasteiger partial charge in [0.1, 0.15) is 4.83 Å². The van der Waals surface area contributed by atoms with Gasteiger partial charge in [-0.05, 0) is 71.0 Å². The lowest BCUT2D eigenvalue weighted by atomic mass is 9.90. The summed E-state index contributed by atoms with van der Waals surface area (Å²) in [6.45, 7) is 6.72. The van der Waals surface area contributed by atoms with Crippen molar-refractivity contribution in [3.8, 4) is 0 Å². The summed E-state index contributed by atoms with van der Waals surface area (Å²) >= 11 is 1.63. The van der Waals surface area contributed by atoms with Gasteiger partial charge in [0.05, 0.1) is 16.6 Å². The van der Waals surface area contributed by atoms with Crippen LogP contribution in [0.4, 0.5) is 0 Å². The fourth-order valence-corrected chi connectivity index (χ4v) is 6.97. The largest absolute Gasteiger partial charge is 0.349 e. The third-order valence-electron chi connectivity index (χ3n) is 7.64. The van der Waals surface area contributed by atoms with E-state index in [0.29, 0.717) is 18.1 Å². The number of nitrogens with zero attached hydrogens (tertiary/aromatic N) is 3. The number of thiophene rings is 1. The summed E-state index contributed by atoms with van der Waals surface area (Å²) < 4.78 is 2.23. The number of aromatic nitrogens is 2. The van der Waals surface area contributed by atoms with Gasteiger partial charge < -0.3 is 10.6 Å². The van der Waals surface area contributed by atoms with Crippen molar-refractivity contribution in [3.05, 3.63) is 16.6 Å². The first kappa shape index (κ1) is 21.4. The monoisotopic (exact) mass is 443 g/mol. The van der Waals surface area contributed by atoms with Gasteiger partial charge >= 0.3 is 0 Å². The summed E-state index contributed by atoms with van der Waals surface area (Å²) in [6, 6.07) is 3.59. The smallest absolute Gasteiger partial charge is 0.261 e. The molecular formula is C24H37N5OS. The molecule has 3 aliphatic rings. The van der Waals surface area contributed by atoms with Crippen molar-refractivity contribution in [1.82, 2.24) is 25.3 Å². The van der Waals surface area contributed by atoms with Crippen molar-refractivity contribution in [2.45, 2.75) is 89.3 Å². The van der Waals surface area contributed by atoms with Crippen LogP contribution in [0.2, 0.25) is 0 Å². The van der Waals surface area contributed by atoms with Crippen LogP contribution in [0.15, 0.2) is 6.07 Å². The Kier molecular flexibility index (Phi) is 6.62. The normalized spacial score (nSPS) is 26.7. The maximum Gasteiger partial charge on any atom is 0.261 e. The van der Waals surface area contributed by atoms with E-state index < -0.39 is 0 Å². The third kappa shape index (κ3) is 4.69. The highest BCUT2D eigenvalue weighted by Crippen LogP contribution is 2.35. The number of carbonyl (C=O) groups excluding carboxylic acids is 1. The molecule has 0 unspecified atom stereocenters. The lowest BCUT2D eigenvalue weighted by molar-refractivity contribution is 0.0909. The molecule has 170 valence electrons. The lowest BCUT2D eigenvalue weighted by Crippen LogP contribution is -2.44. The first-order valence-corrected chi connectivity index (χ1v) is 13.2. The fraction of sp³-hybridized carbons (Fsp3) is 0.750. The van der Waals surface area contributed by atoms with Crippen LogP contribution < -0.4 is 10.6 Å². The van der Waals surface area contributed by atoms with E-state index in [1.165, 1.54) is 74.7 Å². The van der Waals surface area contributed by atoms with Crippen molar-refractivity contribution in [2.24, 2.45) is 0 Å². The predicted molar refractivity (Wildman–Crippen MR) is 127 cm³/mol. The van der Waals surface area contributed by atoms with Crippen molar-refractivity contribution in [3.63, 3.8) is 0 Å². The van der Waals surface area contributed by atoms with Crippen LogP contribution in [0, 0.1) is 6.92 Å². The first-order valence-electron chi connectivity index (χ1n) is 12.4. The van der Waals surface area contributed by atoms with Crippen molar-refractivity contribution in [1.29, 1.82) is 0 Å². The van der Waals surface area contributed by atoms with Gasteiger partial charge in [-0.1, -0.05) is 19.3 Å². The molecule has 2 aromatic rings. The quantitative estimate of drug-likeness (QED) is 0.742. The predicted octanol–water partition coefficient (Wildman–Crippen LogP) is 4.25. The summed E-state index contributed by atoms with van der Waals surface area (Å²) in [6.07, 6.45) is 12.2. The summed E-state index contributed by atoms with van der Waals surface area (Å²) in [5, 5.41) is 12.9. The van der Waals surface area contributed by atoms with Crippen LogP contribution in [-0.2, 0) is 0 Å². The van der Waals surface area contributed by atoms with E-state index in [-0.39, 0.29) is 5.91 Å². The highest BCUT2D eigenvalue weighted by molar-refractivity contribution is 7.20. The topological polar surface area (TPSA) is 62.2 Å². The maximum absolute atomic E-state index is 13.1. The van der Waals surface area contributed by atoms with E-state index >= 15 is 0 Å². The van der Waals surface area contributed by atoms with Crippen LogP contribution in [0.5, 0.6) is 0 Å². The fourth-order valence-electron chi connectivity index (χ4n) is 5.83. The van der Waals surface area contributed by atoms with Gasteiger partial charge in [-0.25, -0.2) is 0 Å². The lowest BCUT2D eigenvalue weighted by Gasteiger charge is -2.36. The number of rotatable bonds is 4. The van der Waals surface area contributed by atoms with Crippen molar-refractivity contribution >= 4 is 27.5 Å². The summed E-state index contributed by atoms with van der Waals surface area (Å²) in [7, 11) is 0. The molecule has 2 aliphatic carbocycles. The number of nitrogens with one attached hydrogen (secondary N) is 2. The molecule has 0 aromatic carbocycles. The molecule has 1 amide bonds. The molecule has 1 saturated heterocycles. The van der Waals surface area contributed by atoms with Gasteiger partial charge in [0.15, 0.2) is 0 Å². The Morgan fingerprint density at radius 2 is 1.84 bits per heavy atom. The molecule has 31 heavy (non-hydrogen) atoms. The Morgan fingerprint density at radius 1 is 1.03 bits per heavy atom. The molecule has 2 aromatic heterocycles. The average Bonchev–Trinajstić information content (AvgIpc) is 3.24. The number of carbonyl (C=O) groups is 1. The second-order valence-electron chi connectivity index (χ2n) is 9.77. The summed E-state index contributed by atoms with van der Waals surface area (Å²) in [5.41, 5.74) is 1.06. The molecule has 3 fully saturated rings. The third-order valence-corrected chi connectivity index (χ3v) is 8.76. The standard InChI is InChI=1S/C24H37N5OS/c1-17-21-16-22(31-24(21)29(27-17)20-6-3-2-4-7-20)23(30)26-18-8-10-19(11-9-18)28-14-5-12-25-13-15-28/h16,18-20,25H,2-15H2,1H3,(H,26,30). The molecule has 1 aliphatic heterocycles. The van der Waals surface area contributed by atoms with Crippen LogP contribution in [0.1, 0.15) is 85.6 Å². The first-order chi connectivity index (χ1) is 15.2. The van der Waals surface area contributed by atoms with E-state index in [0.717, 1.165) is 36.5 Å². The van der Waals surface area contributed by atoms with Crippen molar-refractivity contribution in [2.75, 3.05) is 26.2 Å². The van der Waals surface area contributed by atoms with Gasteiger partial charge in [0, 0.05) is 30.6 Å². The molecular weight excluding hydrogens is 406 g/mol. The number of amides is 1. The van der Waals surface area contributed by atoms with E-state index in [9.17, 15) is 4.79 Å². The van der Waals surface area contributed by atoms with E-state index in [4.69, 9.17) is 5.10 Å². The van der Waals surface area contributed by atoms with Gasteiger partial charge in [0.25, 0.3) is 5.91 Å². The van der Waals surface area contributed by atoms with Crippen LogP contribution in [0.3, 0.4) is 0 Å². The molecule has 2 saturated carbocycles. The van der Waals surface area contributed by atoms with Crippen LogP contribution in [0.25, 0.3) is 10.2 Å². The number of fused-ring (bicyclic) bond motifs is 1. The van der Waals surface area contributed by atoms with Gasteiger partial charge in [-0.15, -0.1) is 11.3 Å². The van der Waals surface area contributed by atoms with Gasteiger partial charge in [-0.2, -0.15) is 5.10 Å². The molecule has 0 bridgehead atoms.